The van der Waals surface area contributed by atoms with Crippen molar-refractivity contribution in [2.24, 2.45) is 0 Å². The van der Waals surface area contributed by atoms with Crippen LogP contribution in [0.3, 0.4) is 0 Å². The van der Waals surface area contributed by atoms with Gasteiger partial charge in [-0.3, -0.25) is 4.79 Å². The van der Waals surface area contributed by atoms with Crippen LogP contribution in [0.25, 0.3) is 22.4 Å². The largest absolute Gasteiger partial charge is 0.459 e. The van der Waals surface area contributed by atoms with Gasteiger partial charge in [-0.2, -0.15) is 0 Å². The van der Waals surface area contributed by atoms with Crippen LogP contribution in [0.2, 0.25) is 0 Å². The van der Waals surface area contributed by atoms with Gasteiger partial charge >= 0.3 is 5.97 Å². The normalized spacial score (nSPS) is 16.8. The van der Waals surface area contributed by atoms with Crippen LogP contribution < -0.4 is 5.32 Å². The first kappa shape index (κ1) is 26.4. The standard InChI is InChI=1S/C33H33FN2O3/c1-22(2)31-30(33(38)35-26-12-7-4-8-13-26)29(23-10-5-3-6-11-23)32(24-16-18-25(34)19-17-24)36(31)21-20-27-14-9-15-28(37)39-27/h3,5-7,9-13,15-19,22,27H,4,8,14,20-21H2,1-2H3,(H,35,38)/t27-/m0/s1. The van der Waals surface area contributed by atoms with E-state index in [0.717, 1.165) is 46.6 Å². The first-order valence-electron chi connectivity index (χ1n) is 13.5. The number of nitrogens with zero attached hydrogens (tertiary/aromatic N) is 1. The van der Waals surface area contributed by atoms with E-state index in [4.69, 9.17) is 4.74 Å². The molecular weight excluding hydrogens is 491 g/mol. The van der Waals surface area contributed by atoms with Crippen LogP contribution in [-0.2, 0) is 16.1 Å². The zero-order chi connectivity index (χ0) is 27.4. The molecule has 1 atom stereocenters. The number of carbonyl (C=O) groups is 2. The summed E-state index contributed by atoms with van der Waals surface area (Å²) in [4.78, 5) is 26.0. The molecule has 2 heterocycles. The molecule has 1 aliphatic carbocycles. The highest BCUT2D eigenvalue weighted by atomic mass is 19.1. The molecule has 0 saturated carbocycles. The van der Waals surface area contributed by atoms with E-state index in [2.05, 4.69) is 29.8 Å². The van der Waals surface area contributed by atoms with Crippen molar-refractivity contribution in [2.75, 3.05) is 0 Å². The number of carbonyl (C=O) groups excluding carboxylic acids is 2. The number of benzene rings is 2. The summed E-state index contributed by atoms with van der Waals surface area (Å²) in [5, 5.41) is 3.14. The number of nitrogens with one attached hydrogen (secondary N) is 1. The van der Waals surface area contributed by atoms with Crippen LogP contribution in [0.5, 0.6) is 0 Å². The van der Waals surface area contributed by atoms with Gasteiger partial charge < -0.3 is 14.6 Å². The molecule has 200 valence electrons. The molecule has 39 heavy (non-hydrogen) atoms. The van der Waals surface area contributed by atoms with Crippen LogP contribution in [0.1, 0.15) is 61.5 Å². The van der Waals surface area contributed by atoms with Crippen molar-refractivity contribution in [3.8, 4) is 22.4 Å². The molecule has 1 N–H and O–H groups in total. The lowest BCUT2D eigenvalue weighted by Crippen LogP contribution is -2.25. The number of hydrogen-bond acceptors (Lipinski definition) is 3. The Morgan fingerprint density at radius 3 is 2.46 bits per heavy atom. The van der Waals surface area contributed by atoms with Crippen molar-refractivity contribution >= 4 is 11.9 Å². The lowest BCUT2D eigenvalue weighted by atomic mass is 9.94. The third-order valence-electron chi connectivity index (χ3n) is 7.12. The Bertz CT molecular complexity index is 1450. The molecule has 5 rings (SSSR count). The fraction of sp³-hybridized carbons (Fsp3) is 0.273. The summed E-state index contributed by atoms with van der Waals surface area (Å²) < 4.78 is 21.7. The van der Waals surface area contributed by atoms with E-state index < -0.39 is 0 Å². The van der Waals surface area contributed by atoms with Gasteiger partial charge in [-0.05, 0) is 60.2 Å². The minimum Gasteiger partial charge on any atom is -0.459 e. The SMILES string of the molecule is CC(C)c1c(C(=O)NC2=CCCC=C2)c(-c2ccccc2)c(-c2ccc(F)cc2)n1CC[C@@H]1CC=CC(=O)O1. The van der Waals surface area contributed by atoms with Crippen LogP contribution in [-0.4, -0.2) is 22.5 Å². The van der Waals surface area contributed by atoms with E-state index in [9.17, 15) is 14.0 Å². The van der Waals surface area contributed by atoms with Gasteiger partial charge in [0, 0.05) is 42.4 Å². The molecule has 0 spiro atoms. The van der Waals surface area contributed by atoms with Gasteiger partial charge in [-0.25, -0.2) is 9.18 Å². The third-order valence-corrected chi connectivity index (χ3v) is 7.12. The van der Waals surface area contributed by atoms with Gasteiger partial charge in [0.2, 0.25) is 0 Å². The van der Waals surface area contributed by atoms with E-state index in [1.807, 2.05) is 48.6 Å². The molecule has 1 aromatic heterocycles. The Balaban J connectivity index is 1.71. The molecule has 0 radical (unpaired) electrons. The Labute approximate surface area is 228 Å². The summed E-state index contributed by atoms with van der Waals surface area (Å²) in [6.45, 7) is 4.69. The molecular formula is C33H33FN2O3. The van der Waals surface area contributed by atoms with Crippen LogP contribution >= 0.6 is 0 Å². The van der Waals surface area contributed by atoms with Crippen molar-refractivity contribution < 1.29 is 18.7 Å². The molecule has 0 bridgehead atoms. The summed E-state index contributed by atoms with van der Waals surface area (Å²) in [6, 6.07) is 16.3. The molecule has 3 aromatic rings. The van der Waals surface area contributed by atoms with Gasteiger partial charge in [0.15, 0.2) is 0 Å². The fourth-order valence-electron chi connectivity index (χ4n) is 5.41. The maximum absolute atomic E-state index is 14.1. The number of ether oxygens (including phenoxy) is 1. The molecule has 0 saturated heterocycles. The topological polar surface area (TPSA) is 60.3 Å². The highest BCUT2D eigenvalue weighted by Crippen LogP contribution is 2.42. The fourth-order valence-corrected chi connectivity index (χ4v) is 5.41. The van der Waals surface area contributed by atoms with Gasteiger partial charge in [0.25, 0.3) is 5.91 Å². The number of allylic oxidation sites excluding steroid dienone is 3. The van der Waals surface area contributed by atoms with Crippen molar-refractivity contribution in [3.05, 3.63) is 108 Å². The monoisotopic (exact) mass is 524 g/mol. The highest BCUT2D eigenvalue weighted by molar-refractivity contribution is 6.07. The maximum atomic E-state index is 14.1. The van der Waals surface area contributed by atoms with Crippen LogP contribution in [0, 0.1) is 5.82 Å². The third kappa shape index (κ3) is 5.80. The minimum absolute atomic E-state index is 0.00656. The summed E-state index contributed by atoms with van der Waals surface area (Å²) in [5.74, 6) is -0.825. The number of cyclic esters (lactones) is 1. The second kappa shape index (κ2) is 11.7. The first-order chi connectivity index (χ1) is 18.9. The maximum Gasteiger partial charge on any atom is 0.330 e. The zero-order valence-electron chi connectivity index (χ0n) is 22.3. The second-order valence-electron chi connectivity index (χ2n) is 10.2. The van der Waals surface area contributed by atoms with Crippen LogP contribution in [0.15, 0.2) is 90.7 Å². The van der Waals surface area contributed by atoms with E-state index in [1.54, 1.807) is 12.1 Å². The van der Waals surface area contributed by atoms with E-state index in [-0.39, 0.29) is 29.7 Å². The number of hydrogen-bond donors (Lipinski definition) is 1. The van der Waals surface area contributed by atoms with E-state index in [0.29, 0.717) is 24.9 Å². The molecule has 1 amide bonds. The van der Waals surface area contributed by atoms with Crippen molar-refractivity contribution in [1.82, 2.24) is 9.88 Å². The highest BCUT2D eigenvalue weighted by Gasteiger charge is 2.31. The number of amides is 1. The Kier molecular flexibility index (Phi) is 7.92. The molecule has 0 unspecified atom stereocenters. The minimum atomic E-state index is -0.333. The van der Waals surface area contributed by atoms with Gasteiger partial charge in [-0.15, -0.1) is 0 Å². The first-order valence-corrected chi connectivity index (χ1v) is 13.5. The smallest absolute Gasteiger partial charge is 0.330 e. The molecule has 0 fully saturated rings. The van der Waals surface area contributed by atoms with Crippen molar-refractivity contribution in [3.63, 3.8) is 0 Å². The second-order valence-corrected chi connectivity index (χ2v) is 10.2. The van der Waals surface area contributed by atoms with Crippen molar-refractivity contribution in [2.45, 2.75) is 58.1 Å². The molecule has 2 aliphatic rings. The average molecular weight is 525 g/mol. The predicted octanol–water partition coefficient (Wildman–Crippen LogP) is 7.31. The van der Waals surface area contributed by atoms with Crippen molar-refractivity contribution in [1.29, 1.82) is 0 Å². The number of aromatic nitrogens is 1. The molecule has 1 aliphatic heterocycles. The number of esters is 1. The number of rotatable bonds is 8. The van der Waals surface area contributed by atoms with Gasteiger partial charge in [0.05, 0.1) is 11.3 Å². The Morgan fingerprint density at radius 1 is 1.03 bits per heavy atom. The number of halogens is 1. The molecule has 2 aromatic carbocycles. The van der Waals surface area contributed by atoms with Gasteiger partial charge in [-0.1, -0.05) is 62.4 Å². The molecule has 5 nitrogen and oxygen atoms in total. The summed E-state index contributed by atoms with van der Waals surface area (Å²) in [6.07, 6.45) is 12.2. The van der Waals surface area contributed by atoms with E-state index in [1.165, 1.54) is 18.2 Å². The summed E-state index contributed by atoms with van der Waals surface area (Å²) in [5.41, 5.74) is 5.66. The lowest BCUT2D eigenvalue weighted by Gasteiger charge is -2.22. The predicted molar refractivity (Wildman–Crippen MR) is 152 cm³/mol. The Morgan fingerprint density at radius 2 is 1.79 bits per heavy atom. The summed E-state index contributed by atoms with van der Waals surface area (Å²) in [7, 11) is 0. The Hall–Kier alpha value is -4.19. The lowest BCUT2D eigenvalue weighted by molar-refractivity contribution is -0.144. The zero-order valence-corrected chi connectivity index (χ0v) is 22.3. The molecule has 6 heteroatoms. The quantitative estimate of drug-likeness (QED) is 0.314. The van der Waals surface area contributed by atoms with Crippen LogP contribution in [0.4, 0.5) is 4.39 Å². The average Bonchev–Trinajstić information content (AvgIpc) is 3.29. The summed E-state index contributed by atoms with van der Waals surface area (Å²) >= 11 is 0. The van der Waals surface area contributed by atoms with Gasteiger partial charge in [0.1, 0.15) is 11.9 Å². The van der Waals surface area contributed by atoms with E-state index >= 15 is 0 Å².